The lowest BCUT2D eigenvalue weighted by Crippen LogP contribution is -2.27. The number of nitrogens with zero attached hydrogens (tertiary/aromatic N) is 2. The van der Waals surface area contributed by atoms with Crippen LogP contribution in [0, 0.1) is 0 Å². The molecule has 0 saturated carbocycles. The van der Waals surface area contributed by atoms with Crippen molar-refractivity contribution in [1.82, 2.24) is 15.3 Å². The van der Waals surface area contributed by atoms with Crippen LogP contribution in [-0.2, 0) is 0 Å². The van der Waals surface area contributed by atoms with Crippen LogP contribution in [0.15, 0.2) is 36.8 Å². The Kier molecular flexibility index (Phi) is 7.19. The van der Waals surface area contributed by atoms with Crippen molar-refractivity contribution in [3.8, 4) is 11.5 Å². The van der Waals surface area contributed by atoms with Crippen LogP contribution in [0.3, 0.4) is 0 Å². The van der Waals surface area contributed by atoms with Crippen molar-refractivity contribution < 1.29 is 14.3 Å². The molecule has 6 nitrogen and oxygen atoms in total. The van der Waals surface area contributed by atoms with Crippen molar-refractivity contribution in [1.29, 1.82) is 0 Å². The summed E-state index contributed by atoms with van der Waals surface area (Å²) in [6.45, 7) is 7.29. The number of ether oxygens (including phenoxy) is 2. The van der Waals surface area contributed by atoms with E-state index >= 15 is 0 Å². The zero-order valence-corrected chi connectivity index (χ0v) is 15.0. The molecule has 1 atom stereocenters. The number of amides is 1. The molecule has 0 bridgehead atoms. The zero-order valence-electron chi connectivity index (χ0n) is 15.0. The molecule has 0 radical (unpaired) electrons. The van der Waals surface area contributed by atoms with Gasteiger partial charge in [0, 0.05) is 12.4 Å². The zero-order chi connectivity index (χ0) is 18.1. The topological polar surface area (TPSA) is 73.3 Å². The lowest BCUT2D eigenvalue weighted by molar-refractivity contribution is 0.0934. The summed E-state index contributed by atoms with van der Waals surface area (Å²) in [4.78, 5) is 20.2. The number of aromatic nitrogens is 2. The van der Waals surface area contributed by atoms with Gasteiger partial charge in [0.1, 0.15) is 5.69 Å². The minimum atomic E-state index is -0.261. The monoisotopic (exact) mass is 343 g/mol. The highest BCUT2D eigenvalue weighted by atomic mass is 16.5. The molecule has 0 unspecified atom stereocenters. The summed E-state index contributed by atoms with van der Waals surface area (Å²) >= 11 is 0. The van der Waals surface area contributed by atoms with Crippen molar-refractivity contribution in [2.75, 3.05) is 13.2 Å². The Morgan fingerprint density at radius 1 is 1.12 bits per heavy atom. The van der Waals surface area contributed by atoms with Gasteiger partial charge in [-0.1, -0.05) is 19.9 Å². The first-order valence-electron chi connectivity index (χ1n) is 8.62. The first-order chi connectivity index (χ1) is 12.2. The molecule has 2 rings (SSSR count). The minimum Gasteiger partial charge on any atom is -0.490 e. The molecule has 25 heavy (non-hydrogen) atoms. The molecule has 1 aromatic carbocycles. The fraction of sp³-hybridized carbons (Fsp3) is 0.421. The van der Waals surface area contributed by atoms with Gasteiger partial charge in [-0.2, -0.15) is 0 Å². The molecular formula is C19H25N3O3. The van der Waals surface area contributed by atoms with Crippen molar-refractivity contribution in [3.63, 3.8) is 0 Å². The standard InChI is InChI=1S/C19H25N3O3/c1-4-10-24-17-7-6-15(12-18(17)25-11-5-2)14(3)22-19(23)16-13-20-8-9-21-16/h6-9,12-14H,4-5,10-11H2,1-3H3,(H,22,23)/t14-/m0/s1. The van der Waals surface area contributed by atoms with Gasteiger partial charge in [-0.25, -0.2) is 4.98 Å². The van der Waals surface area contributed by atoms with E-state index in [2.05, 4.69) is 29.1 Å². The Labute approximate surface area is 148 Å². The van der Waals surface area contributed by atoms with E-state index in [4.69, 9.17) is 9.47 Å². The maximum atomic E-state index is 12.2. The van der Waals surface area contributed by atoms with E-state index in [1.807, 2.05) is 25.1 Å². The predicted octanol–water partition coefficient (Wildman–Crippen LogP) is 3.55. The van der Waals surface area contributed by atoms with Gasteiger partial charge in [0.15, 0.2) is 11.5 Å². The molecule has 1 amide bonds. The quantitative estimate of drug-likeness (QED) is 0.754. The Hall–Kier alpha value is -2.63. The molecule has 1 heterocycles. The first-order valence-corrected chi connectivity index (χ1v) is 8.62. The predicted molar refractivity (Wildman–Crippen MR) is 95.9 cm³/mol. The van der Waals surface area contributed by atoms with E-state index in [-0.39, 0.29) is 11.9 Å². The molecule has 0 aliphatic rings. The van der Waals surface area contributed by atoms with E-state index in [9.17, 15) is 4.79 Å². The number of carbonyl (C=O) groups excluding carboxylic acids is 1. The smallest absolute Gasteiger partial charge is 0.271 e. The van der Waals surface area contributed by atoms with Gasteiger partial charge in [-0.05, 0) is 37.5 Å². The number of hydrogen-bond acceptors (Lipinski definition) is 5. The molecule has 0 fully saturated rings. The van der Waals surface area contributed by atoms with Crippen LogP contribution < -0.4 is 14.8 Å². The van der Waals surface area contributed by atoms with Crippen molar-refractivity contribution in [2.24, 2.45) is 0 Å². The number of rotatable bonds is 9. The maximum absolute atomic E-state index is 12.2. The number of hydrogen-bond donors (Lipinski definition) is 1. The molecule has 1 aromatic heterocycles. The van der Waals surface area contributed by atoms with Gasteiger partial charge in [0.05, 0.1) is 25.5 Å². The van der Waals surface area contributed by atoms with Crippen molar-refractivity contribution >= 4 is 5.91 Å². The van der Waals surface area contributed by atoms with E-state index in [1.165, 1.54) is 18.6 Å². The third-order valence-corrected chi connectivity index (χ3v) is 3.53. The summed E-state index contributed by atoms with van der Waals surface area (Å²) in [7, 11) is 0. The van der Waals surface area contributed by atoms with E-state index in [0.29, 0.717) is 24.7 Å². The van der Waals surface area contributed by atoms with Gasteiger partial charge >= 0.3 is 0 Å². The molecule has 0 saturated heterocycles. The first kappa shape index (κ1) is 18.7. The SMILES string of the molecule is CCCOc1ccc([C@H](C)NC(=O)c2cnccn2)cc1OCCC. The van der Waals surface area contributed by atoms with Gasteiger partial charge in [0.25, 0.3) is 5.91 Å². The highest BCUT2D eigenvalue weighted by Gasteiger charge is 2.15. The summed E-state index contributed by atoms with van der Waals surface area (Å²) in [5, 5.41) is 2.92. The molecule has 0 aliphatic heterocycles. The Bertz CT molecular complexity index is 677. The summed E-state index contributed by atoms with van der Waals surface area (Å²) < 4.78 is 11.5. The van der Waals surface area contributed by atoms with E-state index in [1.54, 1.807) is 0 Å². The Morgan fingerprint density at radius 2 is 1.84 bits per heavy atom. The minimum absolute atomic E-state index is 0.196. The second-order valence-corrected chi connectivity index (χ2v) is 5.69. The second-order valence-electron chi connectivity index (χ2n) is 5.69. The second kappa shape index (κ2) is 9.61. The summed E-state index contributed by atoms with van der Waals surface area (Å²) in [6, 6.07) is 5.55. The van der Waals surface area contributed by atoms with Gasteiger partial charge in [0.2, 0.25) is 0 Å². The van der Waals surface area contributed by atoms with Crippen LogP contribution in [0.5, 0.6) is 11.5 Å². The Balaban J connectivity index is 2.12. The summed E-state index contributed by atoms with van der Waals surface area (Å²) in [6.07, 6.45) is 6.32. The van der Waals surface area contributed by atoms with E-state index < -0.39 is 0 Å². The molecular weight excluding hydrogens is 318 g/mol. The summed E-state index contributed by atoms with van der Waals surface area (Å²) in [5.41, 5.74) is 1.23. The molecule has 0 spiro atoms. The van der Waals surface area contributed by atoms with Crippen LogP contribution >= 0.6 is 0 Å². The van der Waals surface area contributed by atoms with Gasteiger partial charge < -0.3 is 14.8 Å². The van der Waals surface area contributed by atoms with Gasteiger partial charge in [-0.15, -0.1) is 0 Å². The fourth-order valence-corrected chi connectivity index (χ4v) is 2.22. The third kappa shape index (κ3) is 5.45. The fourth-order valence-electron chi connectivity index (χ4n) is 2.22. The van der Waals surface area contributed by atoms with Crippen LogP contribution in [0.1, 0.15) is 55.7 Å². The maximum Gasteiger partial charge on any atom is 0.271 e. The van der Waals surface area contributed by atoms with Crippen LogP contribution in [-0.4, -0.2) is 29.1 Å². The average Bonchev–Trinajstić information content (AvgIpc) is 2.65. The average molecular weight is 343 g/mol. The third-order valence-electron chi connectivity index (χ3n) is 3.53. The van der Waals surface area contributed by atoms with Gasteiger partial charge in [-0.3, -0.25) is 9.78 Å². The molecule has 6 heteroatoms. The lowest BCUT2D eigenvalue weighted by atomic mass is 10.1. The van der Waals surface area contributed by atoms with Crippen LogP contribution in [0.2, 0.25) is 0 Å². The molecule has 2 aromatic rings. The normalized spacial score (nSPS) is 11.6. The van der Waals surface area contributed by atoms with Crippen LogP contribution in [0.25, 0.3) is 0 Å². The number of nitrogens with one attached hydrogen (secondary N) is 1. The largest absolute Gasteiger partial charge is 0.490 e. The number of benzene rings is 1. The molecule has 1 N–H and O–H groups in total. The number of carbonyl (C=O) groups is 1. The van der Waals surface area contributed by atoms with Crippen molar-refractivity contribution in [2.45, 2.75) is 39.7 Å². The highest BCUT2D eigenvalue weighted by Crippen LogP contribution is 2.31. The summed E-state index contributed by atoms with van der Waals surface area (Å²) in [5.74, 6) is 1.17. The molecule has 0 aliphatic carbocycles. The van der Waals surface area contributed by atoms with Crippen LogP contribution in [0.4, 0.5) is 0 Å². The van der Waals surface area contributed by atoms with E-state index in [0.717, 1.165) is 24.2 Å². The molecule has 134 valence electrons. The highest BCUT2D eigenvalue weighted by molar-refractivity contribution is 5.92. The van der Waals surface area contributed by atoms with Crippen molar-refractivity contribution in [3.05, 3.63) is 48.0 Å². The Morgan fingerprint density at radius 3 is 2.48 bits per heavy atom. The lowest BCUT2D eigenvalue weighted by Gasteiger charge is -2.18.